The van der Waals surface area contributed by atoms with Gasteiger partial charge in [-0.2, -0.15) is 4.68 Å². The number of para-hydroxylation sites is 1. The highest BCUT2D eigenvalue weighted by atomic mass is 35.5. The second-order valence-corrected chi connectivity index (χ2v) is 9.20. The Hall–Kier alpha value is -3.88. The van der Waals surface area contributed by atoms with E-state index in [4.69, 9.17) is 27.9 Å². The molecule has 1 atom stereocenters. The van der Waals surface area contributed by atoms with E-state index in [1.165, 1.54) is 0 Å². The molecule has 10 heteroatoms. The first kappa shape index (κ1) is 23.8. The molecule has 0 saturated carbocycles. The number of benzene rings is 3. The topological polar surface area (TPSA) is 94.0 Å². The molecule has 1 aromatic heterocycles. The first-order valence-corrected chi connectivity index (χ1v) is 12.0. The maximum absolute atomic E-state index is 13.5. The van der Waals surface area contributed by atoms with E-state index in [0.29, 0.717) is 39.6 Å². The molecule has 1 amide bonds. The Labute approximate surface area is 217 Å². The van der Waals surface area contributed by atoms with Crippen molar-refractivity contribution in [1.82, 2.24) is 20.2 Å². The van der Waals surface area contributed by atoms with Crippen LogP contribution in [0.15, 0.2) is 78.0 Å². The van der Waals surface area contributed by atoms with Gasteiger partial charge in [0, 0.05) is 11.4 Å². The van der Waals surface area contributed by atoms with E-state index in [-0.39, 0.29) is 5.91 Å². The lowest BCUT2D eigenvalue weighted by molar-refractivity contribution is -0.113. The maximum atomic E-state index is 13.5. The summed E-state index contributed by atoms with van der Waals surface area (Å²) in [5.74, 6) is 0.896. The molecule has 4 aromatic rings. The number of hydrogen-bond donors (Lipinski definition) is 2. The zero-order chi connectivity index (χ0) is 25.2. The van der Waals surface area contributed by atoms with Crippen LogP contribution in [0.5, 0.6) is 5.75 Å². The number of rotatable bonds is 6. The van der Waals surface area contributed by atoms with Crippen LogP contribution in [0.2, 0.25) is 10.0 Å². The molecule has 0 bridgehead atoms. The number of aromatic nitrogens is 4. The third-order valence-electron chi connectivity index (χ3n) is 5.94. The summed E-state index contributed by atoms with van der Waals surface area (Å²) in [6.45, 7) is 4.13. The van der Waals surface area contributed by atoms with Crippen LogP contribution in [0.25, 0.3) is 0 Å². The Morgan fingerprint density at radius 3 is 2.58 bits per heavy atom. The monoisotopic (exact) mass is 520 g/mol. The average Bonchev–Trinajstić information content (AvgIpc) is 3.33. The fourth-order valence-electron chi connectivity index (χ4n) is 4.06. The number of anilines is 2. The standard InChI is InChI=1S/C26H22Cl2N6O2/c1-15-5-3-4-6-22(15)30-25(35)23-16(2)29-26-31-32-33-34(26)24(23)18-8-10-19(11-9-18)36-14-17-7-12-20(27)21(28)13-17/h3-13,24H,14H2,1-2H3,(H,30,35)(H,29,31,33). The summed E-state index contributed by atoms with van der Waals surface area (Å²) in [6, 6.07) is 20.0. The molecule has 2 N–H and O–H groups in total. The number of halogens is 2. The lowest BCUT2D eigenvalue weighted by atomic mass is 9.95. The van der Waals surface area contributed by atoms with Crippen LogP contribution in [0.1, 0.15) is 29.7 Å². The number of nitrogens with zero attached hydrogens (tertiary/aromatic N) is 4. The lowest BCUT2D eigenvalue weighted by Gasteiger charge is -2.28. The van der Waals surface area contributed by atoms with Crippen LogP contribution in [0, 0.1) is 6.92 Å². The molecule has 5 rings (SSSR count). The Balaban J connectivity index is 1.41. The molecule has 3 aromatic carbocycles. The molecule has 182 valence electrons. The van der Waals surface area contributed by atoms with E-state index in [2.05, 4.69) is 26.2 Å². The number of allylic oxidation sites excluding steroid dienone is 1. The molecule has 1 aliphatic heterocycles. The van der Waals surface area contributed by atoms with Gasteiger partial charge in [0.15, 0.2) is 0 Å². The summed E-state index contributed by atoms with van der Waals surface area (Å²) in [5, 5.41) is 19.1. The highest BCUT2D eigenvalue weighted by Gasteiger charge is 2.34. The maximum Gasteiger partial charge on any atom is 0.255 e. The van der Waals surface area contributed by atoms with Gasteiger partial charge in [-0.05, 0) is 71.3 Å². The van der Waals surface area contributed by atoms with Gasteiger partial charge in [-0.3, -0.25) is 4.79 Å². The van der Waals surface area contributed by atoms with Crippen LogP contribution in [0.4, 0.5) is 11.6 Å². The summed E-state index contributed by atoms with van der Waals surface area (Å²) in [7, 11) is 0. The van der Waals surface area contributed by atoms with Gasteiger partial charge in [0.1, 0.15) is 18.4 Å². The molecule has 1 unspecified atom stereocenters. The third kappa shape index (κ3) is 4.78. The minimum Gasteiger partial charge on any atom is -0.489 e. The normalized spacial score (nSPS) is 14.7. The van der Waals surface area contributed by atoms with Gasteiger partial charge in [0.2, 0.25) is 5.95 Å². The molecule has 8 nitrogen and oxygen atoms in total. The molecule has 0 spiro atoms. The number of carbonyl (C=O) groups is 1. The number of tetrazole rings is 1. The number of carbonyl (C=O) groups excluding carboxylic acids is 1. The third-order valence-corrected chi connectivity index (χ3v) is 6.68. The first-order chi connectivity index (χ1) is 17.4. The van der Waals surface area contributed by atoms with Crippen molar-refractivity contribution < 1.29 is 9.53 Å². The molecule has 0 saturated heterocycles. The Bertz CT molecular complexity index is 1470. The fourth-order valence-corrected chi connectivity index (χ4v) is 4.38. The highest BCUT2D eigenvalue weighted by Crippen LogP contribution is 2.35. The fraction of sp³-hybridized carbons (Fsp3) is 0.154. The number of fused-ring (bicyclic) bond motifs is 1. The minimum atomic E-state index is -0.524. The van der Waals surface area contributed by atoms with E-state index >= 15 is 0 Å². The predicted molar refractivity (Wildman–Crippen MR) is 139 cm³/mol. The summed E-state index contributed by atoms with van der Waals surface area (Å²) >= 11 is 12.1. The molecule has 2 heterocycles. The Morgan fingerprint density at radius 2 is 1.83 bits per heavy atom. The van der Waals surface area contributed by atoms with Crippen molar-refractivity contribution in [2.24, 2.45) is 0 Å². The van der Waals surface area contributed by atoms with Gasteiger partial charge in [-0.1, -0.05) is 64.7 Å². The number of ether oxygens (including phenoxy) is 1. The van der Waals surface area contributed by atoms with Gasteiger partial charge in [0.05, 0.1) is 15.6 Å². The zero-order valence-corrected chi connectivity index (χ0v) is 21.0. The van der Waals surface area contributed by atoms with Crippen molar-refractivity contribution in [2.75, 3.05) is 10.6 Å². The smallest absolute Gasteiger partial charge is 0.255 e. The first-order valence-electron chi connectivity index (χ1n) is 11.2. The van der Waals surface area contributed by atoms with Crippen molar-refractivity contribution in [3.05, 3.63) is 105 Å². The largest absolute Gasteiger partial charge is 0.489 e. The summed E-state index contributed by atoms with van der Waals surface area (Å²) in [5.41, 5.74) is 4.64. The predicted octanol–water partition coefficient (Wildman–Crippen LogP) is 5.79. The van der Waals surface area contributed by atoms with E-state index in [1.54, 1.807) is 16.8 Å². The molecular formula is C26H22Cl2N6O2. The second-order valence-electron chi connectivity index (χ2n) is 8.39. The van der Waals surface area contributed by atoms with Gasteiger partial charge in [0.25, 0.3) is 5.91 Å². The Kier molecular flexibility index (Phi) is 6.63. The summed E-state index contributed by atoms with van der Waals surface area (Å²) in [4.78, 5) is 13.5. The van der Waals surface area contributed by atoms with E-state index < -0.39 is 6.04 Å². The van der Waals surface area contributed by atoms with Gasteiger partial charge in [-0.25, -0.2) is 0 Å². The second kappa shape index (κ2) is 10.0. The van der Waals surface area contributed by atoms with Gasteiger partial charge >= 0.3 is 0 Å². The average molecular weight is 521 g/mol. The van der Waals surface area contributed by atoms with Gasteiger partial charge in [-0.15, -0.1) is 0 Å². The van der Waals surface area contributed by atoms with E-state index in [0.717, 1.165) is 22.4 Å². The van der Waals surface area contributed by atoms with Crippen molar-refractivity contribution >= 4 is 40.7 Å². The van der Waals surface area contributed by atoms with Crippen molar-refractivity contribution in [3.63, 3.8) is 0 Å². The number of aryl methyl sites for hydroxylation is 1. The quantitative estimate of drug-likeness (QED) is 0.334. The number of amides is 1. The van der Waals surface area contributed by atoms with Crippen molar-refractivity contribution in [3.8, 4) is 5.75 Å². The SMILES string of the molecule is CC1=C(C(=O)Nc2ccccc2C)C(c2ccc(OCc3ccc(Cl)c(Cl)c3)cc2)n2nnnc2N1. The Morgan fingerprint density at radius 1 is 1.06 bits per heavy atom. The molecule has 1 aliphatic rings. The molecule has 0 fully saturated rings. The van der Waals surface area contributed by atoms with Crippen LogP contribution in [-0.2, 0) is 11.4 Å². The van der Waals surface area contributed by atoms with Crippen LogP contribution >= 0.6 is 23.2 Å². The van der Waals surface area contributed by atoms with Crippen molar-refractivity contribution in [2.45, 2.75) is 26.5 Å². The van der Waals surface area contributed by atoms with Crippen LogP contribution in [-0.4, -0.2) is 26.1 Å². The molecule has 0 aliphatic carbocycles. The van der Waals surface area contributed by atoms with E-state index in [1.807, 2.05) is 68.4 Å². The van der Waals surface area contributed by atoms with Crippen LogP contribution in [0.3, 0.4) is 0 Å². The van der Waals surface area contributed by atoms with E-state index in [9.17, 15) is 4.79 Å². The van der Waals surface area contributed by atoms with Crippen molar-refractivity contribution in [1.29, 1.82) is 0 Å². The van der Waals surface area contributed by atoms with Gasteiger partial charge < -0.3 is 15.4 Å². The minimum absolute atomic E-state index is 0.236. The summed E-state index contributed by atoms with van der Waals surface area (Å²) in [6.07, 6.45) is 0. The molecule has 36 heavy (non-hydrogen) atoms. The number of hydrogen-bond acceptors (Lipinski definition) is 6. The summed E-state index contributed by atoms with van der Waals surface area (Å²) < 4.78 is 7.52. The lowest BCUT2D eigenvalue weighted by Crippen LogP contribution is -2.31. The molecular weight excluding hydrogens is 499 g/mol. The zero-order valence-electron chi connectivity index (χ0n) is 19.5. The van der Waals surface area contributed by atoms with Crippen LogP contribution < -0.4 is 15.4 Å². The highest BCUT2D eigenvalue weighted by molar-refractivity contribution is 6.42. The molecule has 0 radical (unpaired) electrons. The number of nitrogens with one attached hydrogen (secondary N) is 2.